The van der Waals surface area contributed by atoms with Gasteiger partial charge in [-0.3, -0.25) is 0 Å². The largest absolute Gasteiger partial charge is 0.353 e. The number of pyridine rings is 1. The van der Waals surface area contributed by atoms with E-state index in [1.807, 2.05) is 13.8 Å². The highest BCUT2D eigenvalue weighted by Gasteiger charge is 2.16. The molecule has 0 fully saturated rings. The Balaban J connectivity index is 2.77. The maximum Gasteiger partial charge on any atom is 0.353 e. The van der Waals surface area contributed by atoms with Crippen LogP contribution in [0.2, 0.25) is 5.02 Å². The van der Waals surface area contributed by atoms with E-state index in [1.165, 1.54) is 4.68 Å². The molecule has 2 rings (SSSR count). The van der Waals surface area contributed by atoms with Gasteiger partial charge in [-0.25, -0.2) is 24.4 Å². The maximum absolute atomic E-state index is 12.2. The van der Waals surface area contributed by atoms with Crippen molar-refractivity contribution in [2.75, 3.05) is 0 Å². The van der Waals surface area contributed by atoms with Crippen molar-refractivity contribution < 1.29 is 0 Å². The molecule has 0 saturated carbocycles. The minimum atomic E-state index is -0.504. The Kier molecular flexibility index (Phi) is 3.36. The number of halogens is 1. The van der Waals surface area contributed by atoms with Gasteiger partial charge in [-0.2, -0.15) is 4.57 Å². The van der Waals surface area contributed by atoms with Crippen molar-refractivity contribution in [1.29, 1.82) is 0 Å². The zero-order chi connectivity index (χ0) is 14.3. The molecule has 0 aliphatic heterocycles. The second-order valence-corrected chi connectivity index (χ2v) is 5.10. The first-order valence-electron chi connectivity index (χ1n) is 5.90. The second-order valence-electron chi connectivity index (χ2n) is 4.69. The third-order valence-electron chi connectivity index (χ3n) is 2.86. The van der Waals surface area contributed by atoms with E-state index in [0.717, 1.165) is 4.57 Å². The number of aromatic amines is 1. The van der Waals surface area contributed by atoms with E-state index in [9.17, 15) is 9.59 Å². The maximum atomic E-state index is 12.2. The third-order valence-corrected chi connectivity index (χ3v) is 3.24. The molecule has 2 heterocycles. The predicted octanol–water partition coefficient (Wildman–Crippen LogP) is 1.57. The van der Waals surface area contributed by atoms with E-state index in [4.69, 9.17) is 11.6 Å². The van der Waals surface area contributed by atoms with Crippen molar-refractivity contribution in [1.82, 2.24) is 19.3 Å². The van der Waals surface area contributed by atoms with E-state index >= 15 is 0 Å². The van der Waals surface area contributed by atoms with Gasteiger partial charge in [-0.1, -0.05) is 11.6 Å². The summed E-state index contributed by atoms with van der Waals surface area (Å²) in [5.41, 5.74) is 0.309. The fourth-order valence-corrected chi connectivity index (χ4v) is 2.02. The minimum absolute atomic E-state index is 0.129. The summed E-state index contributed by atoms with van der Waals surface area (Å²) in [6.45, 7) is 7.11. The molecule has 19 heavy (non-hydrogen) atoms. The molecule has 2 aromatic heterocycles. The SMILES string of the molecule is Cc1cc(Cl)c(C)nc1-n1c(=O)[nH]n(C(C)C)c1=O. The van der Waals surface area contributed by atoms with Gasteiger partial charge in [0.25, 0.3) is 0 Å². The smallest absolute Gasteiger partial charge is 0.246 e. The third kappa shape index (κ3) is 2.23. The molecule has 102 valence electrons. The Morgan fingerprint density at radius 3 is 2.47 bits per heavy atom. The summed E-state index contributed by atoms with van der Waals surface area (Å²) in [4.78, 5) is 28.4. The van der Waals surface area contributed by atoms with Gasteiger partial charge in [-0.15, -0.1) is 0 Å². The van der Waals surface area contributed by atoms with Gasteiger partial charge >= 0.3 is 11.4 Å². The molecular formula is C12H15ClN4O2. The first kappa shape index (κ1) is 13.6. The standard InChI is InChI=1S/C12H15ClN4O2/c1-6(2)17-12(19)16(11(18)15-17)10-7(3)5-9(13)8(4)14-10/h5-6H,1-4H3,(H,15,18). The van der Waals surface area contributed by atoms with E-state index in [1.54, 1.807) is 19.9 Å². The van der Waals surface area contributed by atoms with Crippen LogP contribution in [0.5, 0.6) is 0 Å². The van der Waals surface area contributed by atoms with Crippen LogP contribution in [-0.4, -0.2) is 19.3 Å². The summed E-state index contributed by atoms with van der Waals surface area (Å²) in [7, 11) is 0. The fraction of sp³-hybridized carbons (Fsp3) is 0.417. The van der Waals surface area contributed by atoms with E-state index in [-0.39, 0.29) is 6.04 Å². The molecule has 2 aromatic rings. The van der Waals surface area contributed by atoms with Crippen molar-refractivity contribution in [3.63, 3.8) is 0 Å². The van der Waals surface area contributed by atoms with E-state index < -0.39 is 11.4 Å². The van der Waals surface area contributed by atoms with Gasteiger partial charge < -0.3 is 0 Å². The molecule has 6 nitrogen and oxygen atoms in total. The number of nitrogens with one attached hydrogen (secondary N) is 1. The van der Waals surface area contributed by atoms with Gasteiger partial charge in [0.15, 0.2) is 0 Å². The lowest BCUT2D eigenvalue weighted by Gasteiger charge is -2.07. The van der Waals surface area contributed by atoms with Gasteiger partial charge in [0.1, 0.15) is 5.82 Å². The topological polar surface area (TPSA) is 72.7 Å². The molecule has 7 heteroatoms. The molecule has 0 aromatic carbocycles. The highest BCUT2D eigenvalue weighted by atomic mass is 35.5. The van der Waals surface area contributed by atoms with Crippen molar-refractivity contribution in [3.05, 3.63) is 43.3 Å². The van der Waals surface area contributed by atoms with Crippen LogP contribution in [0.4, 0.5) is 0 Å². The monoisotopic (exact) mass is 282 g/mol. The summed E-state index contributed by atoms with van der Waals surface area (Å²) in [5, 5.41) is 3.02. The van der Waals surface area contributed by atoms with E-state index in [0.29, 0.717) is 22.1 Å². The zero-order valence-corrected chi connectivity index (χ0v) is 11.9. The highest BCUT2D eigenvalue weighted by Crippen LogP contribution is 2.18. The minimum Gasteiger partial charge on any atom is -0.246 e. The number of aromatic nitrogens is 4. The number of hydrogen-bond acceptors (Lipinski definition) is 3. The molecule has 0 spiro atoms. The molecule has 0 aliphatic rings. The Morgan fingerprint density at radius 2 is 1.95 bits per heavy atom. The number of H-pyrrole nitrogens is 1. The summed E-state index contributed by atoms with van der Waals surface area (Å²) in [6, 6.07) is 1.56. The molecule has 0 bridgehead atoms. The second kappa shape index (κ2) is 4.70. The van der Waals surface area contributed by atoms with Gasteiger partial charge in [0.2, 0.25) is 0 Å². The number of hydrogen-bond donors (Lipinski definition) is 1. The quantitative estimate of drug-likeness (QED) is 0.909. The summed E-state index contributed by atoms with van der Waals surface area (Å²) < 4.78 is 2.30. The number of nitrogens with zero attached hydrogens (tertiary/aromatic N) is 3. The van der Waals surface area contributed by atoms with Crippen LogP contribution in [0, 0.1) is 13.8 Å². The summed E-state index contributed by atoms with van der Waals surface area (Å²) >= 11 is 5.97. The highest BCUT2D eigenvalue weighted by molar-refractivity contribution is 6.31. The first-order valence-corrected chi connectivity index (χ1v) is 6.28. The Labute approximate surface area is 114 Å². The van der Waals surface area contributed by atoms with Crippen LogP contribution in [-0.2, 0) is 0 Å². The molecule has 0 amide bonds. The summed E-state index contributed by atoms with van der Waals surface area (Å²) in [5.74, 6) is 0.313. The average molecular weight is 283 g/mol. The van der Waals surface area contributed by atoms with Crippen LogP contribution in [0.1, 0.15) is 31.1 Å². The average Bonchev–Trinajstić information content (AvgIpc) is 2.60. The lowest BCUT2D eigenvalue weighted by molar-refractivity contribution is 0.509. The van der Waals surface area contributed by atoms with Crippen molar-refractivity contribution in [3.8, 4) is 5.82 Å². The Bertz CT molecular complexity index is 739. The van der Waals surface area contributed by atoms with Crippen LogP contribution < -0.4 is 11.4 Å². The van der Waals surface area contributed by atoms with Crippen LogP contribution in [0.25, 0.3) is 5.82 Å². The summed E-state index contributed by atoms with van der Waals surface area (Å²) in [6.07, 6.45) is 0. The number of aryl methyl sites for hydroxylation is 2. The Morgan fingerprint density at radius 1 is 1.32 bits per heavy atom. The lowest BCUT2D eigenvalue weighted by Crippen LogP contribution is -2.29. The lowest BCUT2D eigenvalue weighted by atomic mass is 10.2. The number of rotatable bonds is 2. The van der Waals surface area contributed by atoms with E-state index in [2.05, 4.69) is 10.1 Å². The van der Waals surface area contributed by atoms with Crippen LogP contribution in [0.15, 0.2) is 15.7 Å². The molecule has 0 saturated heterocycles. The molecule has 0 atom stereocenters. The van der Waals surface area contributed by atoms with Crippen molar-refractivity contribution in [2.45, 2.75) is 33.7 Å². The van der Waals surface area contributed by atoms with Gasteiger partial charge in [-0.05, 0) is 39.3 Å². The molecule has 0 radical (unpaired) electrons. The molecule has 1 N–H and O–H groups in total. The molecular weight excluding hydrogens is 268 g/mol. The first-order chi connectivity index (χ1) is 8.82. The van der Waals surface area contributed by atoms with Crippen LogP contribution in [0.3, 0.4) is 0 Å². The molecule has 0 aliphatic carbocycles. The van der Waals surface area contributed by atoms with Crippen molar-refractivity contribution in [2.24, 2.45) is 0 Å². The Hall–Kier alpha value is -1.82. The fourth-order valence-electron chi connectivity index (χ4n) is 1.82. The van der Waals surface area contributed by atoms with Crippen LogP contribution >= 0.6 is 11.6 Å². The molecule has 0 unspecified atom stereocenters. The van der Waals surface area contributed by atoms with Gasteiger partial charge in [0.05, 0.1) is 10.7 Å². The predicted molar refractivity (Wildman–Crippen MR) is 73.3 cm³/mol. The zero-order valence-electron chi connectivity index (χ0n) is 11.2. The normalized spacial score (nSPS) is 11.3. The van der Waals surface area contributed by atoms with Crippen molar-refractivity contribution >= 4 is 11.6 Å². The van der Waals surface area contributed by atoms with Gasteiger partial charge in [0, 0.05) is 6.04 Å².